The summed E-state index contributed by atoms with van der Waals surface area (Å²) in [4.78, 5) is 2.51. The Bertz CT molecular complexity index is 192. The molecule has 2 rings (SSSR count). The zero-order valence-electron chi connectivity index (χ0n) is 6.97. The zero-order chi connectivity index (χ0) is 7.73. The van der Waals surface area contributed by atoms with E-state index >= 15 is 0 Å². The van der Waals surface area contributed by atoms with Crippen LogP contribution in [-0.4, -0.2) is 23.5 Å². The van der Waals surface area contributed by atoms with Gasteiger partial charge in [0.25, 0.3) is 0 Å². The molecule has 0 aromatic rings. The number of hydrogen-bond acceptors (Lipinski definition) is 1. The van der Waals surface area contributed by atoms with Crippen molar-refractivity contribution in [3.8, 4) is 12.3 Å². The summed E-state index contributed by atoms with van der Waals surface area (Å²) in [6, 6.07) is 0. The van der Waals surface area contributed by atoms with Gasteiger partial charge in [-0.15, -0.1) is 6.42 Å². The Hall–Kier alpha value is -0.480. The molecule has 0 aromatic heterocycles. The Morgan fingerprint density at radius 3 is 2.55 bits per heavy atom. The van der Waals surface area contributed by atoms with Gasteiger partial charge in [-0.2, -0.15) is 0 Å². The molecule has 1 atom stereocenters. The van der Waals surface area contributed by atoms with Crippen molar-refractivity contribution in [2.45, 2.75) is 37.6 Å². The third-order valence-electron chi connectivity index (χ3n) is 3.16. The first kappa shape index (κ1) is 7.18. The standard InChI is InChI=1S/C10H15N/c1-2-10-6-3-4-8-11(10)9-5-7-10/h1H,3-9H2. The van der Waals surface area contributed by atoms with Gasteiger partial charge in [0.2, 0.25) is 0 Å². The molecule has 2 saturated heterocycles. The van der Waals surface area contributed by atoms with E-state index in [9.17, 15) is 0 Å². The second kappa shape index (κ2) is 2.53. The van der Waals surface area contributed by atoms with Crippen LogP contribution in [-0.2, 0) is 0 Å². The largest absolute Gasteiger partial charge is 0.287 e. The van der Waals surface area contributed by atoms with Crippen LogP contribution in [0.5, 0.6) is 0 Å². The van der Waals surface area contributed by atoms with Crippen LogP contribution in [0.25, 0.3) is 0 Å². The molecule has 2 aliphatic heterocycles. The molecule has 60 valence electrons. The van der Waals surface area contributed by atoms with Crippen LogP contribution in [0.15, 0.2) is 0 Å². The third-order valence-corrected chi connectivity index (χ3v) is 3.16. The number of hydrogen-bond donors (Lipinski definition) is 0. The highest BCUT2D eigenvalue weighted by atomic mass is 15.2. The summed E-state index contributed by atoms with van der Waals surface area (Å²) in [5, 5.41) is 0. The van der Waals surface area contributed by atoms with Gasteiger partial charge >= 0.3 is 0 Å². The quantitative estimate of drug-likeness (QED) is 0.473. The molecule has 1 heteroatoms. The predicted octanol–water partition coefficient (Wildman–Crippen LogP) is 1.64. The molecule has 0 aromatic carbocycles. The fourth-order valence-electron chi connectivity index (χ4n) is 2.50. The van der Waals surface area contributed by atoms with Gasteiger partial charge in [0.1, 0.15) is 0 Å². The molecule has 0 spiro atoms. The van der Waals surface area contributed by atoms with Gasteiger partial charge in [0, 0.05) is 0 Å². The lowest BCUT2D eigenvalue weighted by molar-refractivity contribution is 0.142. The van der Waals surface area contributed by atoms with Crippen LogP contribution in [0.3, 0.4) is 0 Å². The number of rotatable bonds is 0. The highest BCUT2D eigenvalue weighted by Gasteiger charge is 2.40. The lowest BCUT2D eigenvalue weighted by Crippen LogP contribution is -2.45. The summed E-state index contributed by atoms with van der Waals surface area (Å²) in [6.07, 6.45) is 12.1. The minimum Gasteiger partial charge on any atom is -0.287 e. The predicted molar refractivity (Wildman–Crippen MR) is 46.2 cm³/mol. The Morgan fingerprint density at radius 2 is 1.82 bits per heavy atom. The molecule has 0 bridgehead atoms. The summed E-state index contributed by atoms with van der Waals surface area (Å²) >= 11 is 0. The van der Waals surface area contributed by atoms with E-state index < -0.39 is 0 Å². The molecule has 11 heavy (non-hydrogen) atoms. The highest BCUT2D eigenvalue weighted by molar-refractivity contribution is 5.17. The van der Waals surface area contributed by atoms with Gasteiger partial charge in [0.15, 0.2) is 0 Å². The van der Waals surface area contributed by atoms with Gasteiger partial charge in [-0.1, -0.05) is 5.92 Å². The number of piperidine rings is 1. The second-order valence-electron chi connectivity index (χ2n) is 3.72. The van der Waals surface area contributed by atoms with Crippen molar-refractivity contribution in [3.05, 3.63) is 0 Å². The van der Waals surface area contributed by atoms with Crippen LogP contribution in [0.2, 0.25) is 0 Å². The molecular formula is C10H15N. The maximum Gasteiger partial charge on any atom is 0.0823 e. The van der Waals surface area contributed by atoms with E-state index in [1.165, 1.54) is 45.2 Å². The van der Waals surface area contributed by atoms with E-state index in [-0.39, 0.29) is 5.54 Å². The van der Waals surface area contributed by atoms with E-state index in [0.29, 0.717) is 0 Å². The van der Waals surface area contributed by atoms with E-state index in [1.54, 1.807) is 0 Å². The topological polar surface area (TPSA) is 3.24 Å². The van der Waals surface area contributed by atoms with Crippen molar-refractivity contribution < 1.29 is 0 Å². The first-order valence-electron chi connectivity index (χ1n) is 4.60. The van der Waals surface area contributed by atoms with Crippen molar-refractivity contribution in [3.63, 3.8) is 0 Å². The van der Waals surface area contributed by atoms with Gasteiger partial charge in [-0.3, -0.25) is 4.90 Å². The zero-order valence-corrected chi connectivity index (χ0v) is 6.97. The van der Waals surface area contributed by atoms with E-state index in [2.05, 4.69) is 10.8 Å². The van der Waals surface area contributed by atoms with Crippen LogP contribution in [0.1, 0.15) is 32.1 Å². The van der Waals surface area contributed by atoms with E-state index in [4.69, 9.17) is 6.42 Å². The molecule has 1 nitrogen and oxygen atoms in total. The Kier molecular flexibility index (Phi) is 1.65. The van der Waals surface area contributed by atoms with Crippen LogP contribution in [0.4, 0.5) is 0 Å². The normalized spacial score (nSPS) is 38.1. The monoisotopic (exact) mass is 149 g/mol. The van der Waals surface area contributed by atoms with Crippen molar-refractivity contribution in [1.82, 2.24) is 4.90 Å². The fraction of sp³-hybridized carbons (Fsp3) is 0.800. The van der Waals surface area contributed by atoms with Crippen molar-refractivity contribution in [2.24, 2.45) is 0 Å². The SMILES string of the molecule is C#CC12CCCCN1CCC2. The molecule has 0 N–H and O–H groups in total. The van der Waals surface area contributed by atoms with Crippen LogP contribution >= 0.6 is 0 Å². The van der Waals surface area contributed by atoms with Gasteiger partial charge < -0.3 is 0 Å². The summed E-state index contributed by atoms with van der Waals surface area (Å²) in [6.45, 7) is 2.48. The Balaban J connectivity index is 2.20. The number of fused-ring (bicyclic) bond motifs is 1. The summed E-state index contributed by atoms with van der Waals surface area (Å²) in [7, 11) is 0. The average Bonchev–Trinajstić information content (AvgIpc) is 2.48. The average molecular weight is 149 g/mol. The Labute approximate surface area is 68.8 Å². The molecule has 1 unspecified atom stereocenters. The van der Waals surface area contributed by atoms with Crippen molar-refractivity contribution in [1.29, 1.82) is 0 Å². The summed E-state index contributed by atoms with van der Waals surface area (Å²) < 4.78 is 0. The Morgan fingerprint density at radius 1 is 1.09 bits per heavy atom. The maximum absolute atomic E-state index is 5.59. The molecule has 2 fully saturated rings. The highest BCUT2D eigenvalue weighted by Crippen LogP contribution is 2.36. The first-order chi connectivity index (χ1) is 5.37. The fourth-order valence-corrected chi connectivity index (χ4v) is 2.50. The minimum absolute atomic E-state index is 0.193. The molecule has 2 aliphatic rings. The van der Waals surface area contributed by atoms with Crippen molar-refractivity contribution >= 4 is 0 Å². The first-order valence-corrected chi connectivity index (χ1v) is 4.60. The molecule has 0 saturated carbocycles. The van der Waals surface area contributed by atoms with Gasteiger partial charge in [-0.25, -0.2) is 0 Å². The van der Waals surface area contributed by atoms with Crippen molar-refractivity contribution in [2.75, 3.05) is 13.1 Å². The minimum atomic E-state index is 0.193. The van der Waals surface area contributed by atoms with E-state index in [0.717, 1.165) is 0 Å². The van der Waals surface area contributed by atoms with Crippen LogP contribution < -0.4 is 0 Å². The third kappa shape index (κ3) is 0.973. The number of nitrogens with zero attached hydrogens (tertiary/aromatic N) is 1. The summed E-state index contributed by atoms with van der Waals surface area (Å²) in [5.41, 5.74) is 0.193. The second-order valence-corrected chi connectivity index (χ2v) is 3.72. The molecule has 2 heterocycles. The number of terminal acetylenes is 1. The molecule has 0 amide bonds. The molecular weight excluding hydrogens is 134 g/mol. The lowest BCUT2D eigenvalue weighted by atomic mass is 9.87. The van der Waals surface area contributed by atoms with E-state index in [1.807, 2.05) is 0 Å². The molecule has 0 radical (unpaired) electrons. The summed E-state index contributed by atoms with van der Waals surface area (Å²) in [5.74, 6) is 3.01. The molecule has 0 aliphatic carbocycles. The van der Waals surface area contributed by atoms with Gasteiger partial charge in [0.05, 0.1) is 5.54 Å². The smallest absolute Gasteiger partial charge is 0.0823 e. The van der Waals surface area contributed by atoms with Gasteiger partial charge in [-0.05, 0) is 45.2 Å². The van der Waals surface area contributed by atoms with Crippen LogP contribution in [0, 0.1) is 12.3 Å². The lowest BCUT2D eigenvalue weighted by Gasteiger charge is -2.38. The maximum atomic E-state index is 5.59.